The molecule has 1 N–H and O–H groups in total. The zero-order valence-corrected chi connectivity index (χ0v) is 15.3. The molecule has 1 aromatic heterocycles. The molecule has 2 aromatic rings. The summed E-state index contributed by atoms with van der Waals surface area (Å²) in [5, 5.41) is 11.6. The van der Waals surface area contributed by atoms with Crippen LogP contribution in [0.2, 0.25) is 0 Å². The topological polar surface area (TPSA) is 69.0 Å². The van der Waals surface area contributed by atoms with E-state index in [4.69, 9.17) is 4.74 Å². The normalized spacial score (nSPS) is 12.4. The lowest BCUT2D eigenvalue weighted by Gasteiger charge is -2.12. The van der Waals surface area contributed by atoms with Gasteiger partial charge >= 0.3 is 0 Å². The third kappa shape index (κ3) is 5.07. The summed E-state index contributed by atoms with van der Waals surface area (Å²) in [7, 11) is 1.62. The maximum absolute atomic E-state index is 11.9. The number of carbonyl (C=O) groups is 1. The fourth-order valence-electron chi connectivity index (χ4n) is 2.26. The smallest absolute Gasteiger partial charge is 0.230 e. The summed E-state index contributed by atoms with van der Waals surface area (Å²) in [5.74, 6) is 0.734. The van der Waals surface area contributed by atoms with Gasteiger partial charge < -0.3 is 10.1 Å². The molecule has 1 atom stereocenters. The van der Waals surface area contributed by atoms with Crippen molar-refractivity contribution in [1.82, 2.24) is 20.1 Å². The summed E-state index contributed by atoms with van der Waals surface area (Å²) in [6, 6.07) is 8.29. The van der Waals surface area contributed by atoms with E-state index in [1.54, 1.807) is 13.4 Å². The van der Waals surface area contributed by atoms with E-state index in [9.17, 15) is 4.79 Å². The summed E-state index contributed by atoms with van der Waals surface area (Å²) in [5.41, 5.74) is 2.27. The number of methoxy groups -OCH3 is 1. The Morgan fingerprint density at radius 3 is 2.62 bits per heavy atom. The molecular weight excluding hydrogens is 324 g/mol. The van der Waals surface area contributed by atoms with Crippen LogP contribution in [-0.2, 0) is 9.53 Å². The van der Waals surface area contributed by atoms with Gasteiger partial charge in [-0.25, -0.2) is 0 Å². The highest BCUT2D eigenvalue weighted by Gasteiger charge is 2.12. The molecule has 1 amide bonds. The van der Waals surface area contributed by atoms with E-state index >= 15 is 0 Å². The van der Waals surface area contributed by atoms with Gasteiger partial charge in [0.2, 0.25) is 5.91 Å². The Balaban J connectivity index is 1.99. The quantitative estimate of drug-likeness (QED) is 0.743. The molecule has 24 heavy (non-hydrogen) atoms. The molecule has 130 valence electrons. The lowest BCUT2D eigenvalue weighted by Crippen LogP contribution is -2.36. The maximum Gasteiger partial charge on any atom is 0.230 e. The molecule has 0 aliphatic rings. The Labute approximate surface area is 147 Å². The number of amides is 1. The van der Waals surface area contributed by atoms with Crippen molar-refractivity contribution in [3.63, 3.8) is 0 Å². The molecule has 0 bridgehead atoms. The Kier molecular flexibility index (Phi) is 6.81. The summed E-state index contributed by atoms with van der Waals surface area (Å²) in [4.78, 5) is 11.9. The second kappa shape index (κ2) is 8.84. The number of hydrogen-bond acceptors (Lipinski definition) is 5. The Morgan fingerprint density at radius 2 is 2.00 bits per heavy atom. The van der Waals surface area contributed by atoms with Crippen molar-refractivity contribution in [1.29, 1.82) is 0 Å². The minimum atomic E-state index is -0.0470. The minimum absolute atomic E-state index is 0.00968. The van der Waals surface area contributed by atoms with E-state index in [-0.39, 0.29) is 17.7 Å². The molecule has 7 heteroatoms. The first-order chi connectivity index (χ1) is 11.5. The van der Waals surface area contributed by atoms with Crippen LogP contribution in [0.1, 0.15) is 32.3 Å². The van der Waals surface area contributed by atoms with Crippen LogP contribution in [0.4, 0.5) is 0 Å². The number of thioether (sulfide) groups is 1. The highest BCUT2D eigenvalue weighted by Crippen LogP contribution is 2.21. The van der Waals surface area contributed by atoms with Gasteiger partial charge in [-0.15, -0.1) is 10.2 Å². The fraction of sp³-hybridized carbons (Fsp3) is 0.471. The largest absolute Gasteiger partial charge is 0.383 e. The standard InChI is InChI=1S/C17H24N4O2S/c1-12(2)14-5-7-15(8-6-14)21-11-18-20-17(21)24-10-16(22)19-13(3)9-23-4/h5-8,11-13H,9-10H2,1-4H3,(H,19,22). The van der Waals surface area contributed by atoms with Crippen LogP contribution < -0.4 is 5.32 Å². The van der Waals surface area contributed by atoms with E-state index in [0.717, 1.165) is 5.69 Å². The molecule has 0 spiro atoms. The van der Waals surface area contributed by atoms with E-state index < -0.39 is 0 Å². The highest BCUT2D eigenvalue weighted by atomic mass is 32.2. The first kappa shape index (κ1) is 18.5. The van der Waals surface area contributed by atoms with Crippen molar-refractivity contribution in [2.45, 2.75) is 37.9 Å². The first-order valence-electron chi connectivity index (χ1n) is 7.92. The fourth-order valence-corrected chi connectivity index (χ4v) is 3.00. The number of nitrogens with zero attached hydrogens (tertiary/aromatic N) is 3. The van der Waals surface area contributed by atoms with Crippen LogP contribution >= 0.6 is 11.8 Å². The van der Waals surface area contributed by atoms with Gasteiger partial charge in [-0.1, -0.05) is 37.7 Å². The predicted octanol–water partition coefficient (Wildman–Crippen LogP) is 2.63. The van der Waals surface area contributed by atoms with E-state index in [1.165, 1.54) is 17.3 Å². The minimum Gasteiger partial charge on any atom is -0.383 e. The highest BCUT2D eigenvalue weighted by molar-refractivity contribution is 7.99. The summed E-state index contributed by atoms with van der Waals surface area (Å²) in [6.07, 6.45) is 1.66. The number of hydrogen-bond donors (Lipinski definition) is 1. The van der Waals surface area contributed by atoms with E-state index in [2.05, 4.69) is 41.5 Å². The summed E-state index contributed by atoms with van der Waals surface area (Å²) < 4.78 is 6.90. The van der Waals surface area contributed by atoms with Crippen LogP contribution in [-0.4, -0.2) is 46.2 Å². The third-order valence-corrected chi connectivity index (χ3v) is 4.45. The number of nitrogens with one attached hydrogen (secondary N) is 1. The number of carbonyl (C=O) groups excluding carboxylic acids is 1. The van der Waals surface area contributed by atoms with Crippen LogP contribution in [0.3, 0.4) is 0 Å². The van der Waals surface area contributed by atoms with Crippen molar-refractivity contribution < 1.29 is 9.53 Å². The van der Waals surface area contributed by atoms with Crippen LogP contribution in [0.5, 0.6) is 0 Å². The predicted molar refractivity (Wildman–Crippen MR) is 95.7 cm³/mol. The van der Waals surface area contributed by atoms with Gasteiger partial charge in [0.1, 0.15) is 6.33 Å². The second-order valence-corrected chi connectivity index (χ2v) is 6.88. The lowest BCUT2D eigenvalue weighted by molar-refractivity contribution is -0.119. The van der Waals surface area contributed by atoms with Gasteiger partial charge in [-0.05, 0) is 30.5 Å². The number of rotatable bonds is 8. The summed E-state index contributed by atoms with van der Waals surface area (Å²) >= 11 is 1.36. The molecule has 0 fully saturated rings. The zero-order valence-electron chi connectivity index (χ0n) is 14.5. The van der Waals surface area contributed by atoms with Crippen LogP contribution in [0.15, 0.2) is 35.7 Å². The van der Waals surface area contributed by atoms with Crippen molar-refractivity contribution >= 4 is 17.7 Å². The number of aromatic nitrogens is 3. The van der Waals surface area contributed by atoms with Gasteiger partial charge in [-0.3, -0.25) is 9.36 Å². The second-order valence-electron chi connectivity index (χ2n) is 5.94. The maximum atomic E-state index is 11.9. The van der Waals surface area contributed by atoms with Gasteiger partial charge in [0, 0.05) is 18.8 Å². The average molecular weight is 348 g/mol. The van der Waals surface area contributed by atoms with Crippen molar-refractivity contribution in [2.75, 3.05) is 19.5 Å². The third-order valence-electron chi connectivity index (χ3n) is 3.51. The Hall–Kier alpha value is -1.86. The summed E-state index contributed by atoms with van der Waals surface area (Å²) in [6.45, 7) is 6.73. The molecule has 0 saturated carbocycles. The molecular formula is C17H24N4O2S. The van der Waals surface area contributed by atoms with Gasteiger partial charge in [0.05, 0.1) is 12.4 Å². The average Bonchev–Trinajstić information content (AvgIpc) is 3.01. The molecule has 0 aliphatic carbocycles. The van der Waals surface area contributed by atoms with Gasteiger partial charge in [-0.2, -0.15) is 0 Å². The molecule has 0 aliphatic heterocycles. The molecule has 0 saturated heterocycles. The Morgan fingerprint density at radius 1 is 1.29 bits per heavy atom. The molecule has 1 unspecified atom stereocenters. The van der Waals surface area contributed by atoms with E-state index in [1.807, 2.05) is 23.6 Å². The molecule has 6 nitrogen and oxygen atoms in total. The number of benzene rings is 1. The molecule has 1 aromatic carbocycles. The molecule has 0 radical (unpaired) electrons. The van der Waals surface area contributed by atoms with Crippen molar-refractivity contribution in [2.24, 2.45) is 0 Å². The first-order valence-corrected chi connectivity index (χ1v) is 8.91. The van der Waals surface area contributed by atoms with Crippen LogP contribution in [0.25, 0.3) is 5.69 Å². The van der Waals surface area contributed by atoms with Gasteiger partial charge in [0.25, 0.3) is 0 Å². The lowest BCUT2D eigenvalue weighted by atomic mass is 10.0. The Bertz CT molecular complexity index is 655. The zero-order chi connectivity index (χ0) is 17.5. The van der Waals surface area contributed by atoms with Gasteiger partial charge in [0.15, 0.2) is 5.16 Å². The monoisotopic (exact) mass is 348 g/mol. The molecule has 2 rings (SSSR count). The van der Waals surface area contributed by atoms with Crippen molar-refractivity contribution in [3.8, 4) is 5.69 Å². The van der Waals surface area contributed by atoms with Crippen molar-refractivity contribution in [3.05, 3.63) is 36.2 Å². The SMILES string of the molecule is COCC(C)NC(=O)CSc1nncn1-c1ccc(C(C)C)cc1. The van der Waals surface area contributed by atoms with E-state index in [0.29, 0.717) is 17.7 Å². The van der Waals surface area contributed by atoms with Crippen LogP contribution in [0, 0.1) is 0 Å². The molecule has 1 heterocycles. The number of ether oxygens (including phenoxy) is 1.